The Morgan fingerprint density at radius 1 is 1.24 bits per heavy atom. The minimum absolute atomic E-state index is 0.574. The number of H-pyrrole nitrogens is 1. The molecule has 0 amide bonds. The molecule has 90 valence electrons. The molecule has 2 aromatic rings. The number of nitrogens with zero attached hydrogens (tertiary/aromatic N) is 2. The lowest BCUT2D eigenvalue weighted by Gasteiger charge is -2.14. The van der Waals surface area contributed by atoms with Crippen LogP contribution in [0.1, 0.15) is 34.1 Å². The molecule has 0 fully saturated rings. The van der Waals surface area contributed by atoms with Crippen molar-refractivity contribution in [3.63, 3.8) is 0 Å². The molecule has 0 aliphatic heterocycles. The van der Waals surface area contributed by atoms with E-state index in [0.29, 0.717) is 12.1 Å². The average molecular weight is 231 g/mol. The zero-order valence-corrected chi connectivity index (χ0v) is 10.4. The van der Waals surface area contributed by atoms with E-state index in [9.17, 15) is 5.11 Å². The highest BCUT2D eigenvalue weighted by Crippen LogP contribution is 2.22. The van der Waals surface area contributed by atoms with Crippen LogP contribution in [0.4, 0.5) is 0 Å². The van der Waals surface area contributed by atoms with E-state index in [1.54, 1.807) is 6.20 Å². The first kappa shape index (κ1) is 11.8. The summed E-state index contributed by atoms with van der Waals surface area (Å²) in [7, 11) is 0. The Hall–Kier alpha value is -1.68. The van der Waals surface area contributed by atoms with Gasteiger partial charge in [-0.3, -0.25) is 0 Å². The third-order valence-electron chi connectivity index (χ3n) is 3.01. The molecule has 0 bridgehead atoms. The van der Waals surface area contributed by atoms with Crippen LogP contribution in [-0.2, 0) is 6.42 Å². The summed E-state index contributed by atoms with van der Waals surface area (Å²) in [5, 5.41) is 20.2. The minimum Gasteiger partial charge on any atom is -0.386 e. The van der Waals surface area contributed by atoms with Gasteiger partial charge in [-0.25, -0.2) is 0 Å². The van der Waals surface area contributed by atoms with Crippen molar-refractivity contribution in [2.45, 2.75) is 33.3 Å². The third kappa shape index (κ3) is 2.53. The lowest BCUT2D eigenvalue weighted by Crippen LogP contribution is -2.05. The van der Waals surface area contributed by atoms with Gasteiger partial charge < -0.3 is 5.11 Å². The quantitative estimate of drug-likeness (QED) is 0.849. The average Bonchev–Trinajstić information content (AvgIpc) is 2.76. The van der Waals surface area contributed by atoms with E-state index in [0.717, 1.165) is 0 Å². The number of hydrogen-bond donors (Lipinski definition) is 2. The molecule has 4 heteroatoms. The molecule has 0 saturated heterocycles. The van der Waals surface area contributed by atoms with Crippen LogP contribution < -0.4 is 0 Å². The van der Waals surface area contributed by atoms with Crippen molar-refractivity contribution in [3.8, 4) is 0 Å². The molecule has 0 aliphatic carbocycles. The Kier molecular flexibility index (Phi) is 3.24. The van der Waals surface area contributed by atoms with E-state index in [2.05, 4.69) is 48.3 Å². The zero-order valence-electron chi connectivity index (χ0n) is 10.4. The predicted octanol–water partition coefficient (Wildman–Crippen LogP) is 2.01. The number of benzene rings is 1. The van der Waals surface area contributed by atoms with Crippen LogP contribution in [0.15, 0.2) is 18.3 Å². The summed E-state index contributed by atoms with van der Waals surface area (Å²) >= 11 is 0. The lowest BCUT2D eigenvalue weighted by molar-refractivity contribution is 0.173. The number of nitrogens with one attached hydrogen (secondary N) is 1. The number of rotatable bonds is 3. The number of aromatic amines is 1. The highest BCUT2D eigenvalue weighted by atomic mass is 16.3. The highest BCUT2D eigenvalue weighted by molar-refractivity contribution is 5.38. The summed E-state index contributed by atoms with van der Waals surface area (Å²) < 4.78 is 0. The summed E-state index contributed by atoms with van der Waals surface area (Å²) in [6, 6.07) is 4.27. The standard InChI is InChI=1S/C13H17N3O/c1-8-4-9(2)11(10(3)5-8)6-13(17)12-7-14-16-15-12/h4-5,7,13,17H,6H2,1-3H3,(H,14,15,16). The van der Waals surface area contributed by atoms with Crippen molar-refractivity contribution in [3.05, 3.63) is 46.3 Å². The van der Waals surface area contributed by atoms with Crippen LogP contribution in [0.2, 0.25) is 0 Å². The largest absolute Gasteiger partial charge is 0.386 e. The Morgan fingerprint density at radius 2 is 1.88 bits per heavy atom. The van der Waals surface area contributed by atoms with Crippen LogP contribution in [-0.4, -0.2) is 20.5 Å². The smallest absolute Gasteiger partial charge is 0.111 e. The Bertz CT molecular complexity index is 482. The summed E-state index contributed by atoms with van der Waals surface area (Å²) in [4.78, 5) is 0. The second-order valence-corrected chi connectivity index (χ2v) is 4.49. The predicted molar refractivity (Wildman–Crippen MR) is 65.7 cm³/mol. The molecule has 1 aromatic carbocycles. The van der Waals surface area contributed by atoms with Gasteiger partial charge in [0.15, 0.2) is 0 Å². The molecule has 1 heterocycles. The van der Waals surface area contributed by atoms with Crippen LogP contribution >= 0.6 is 0 Å². The molecule has 17 heavy (non-hydrogen) atoms. The van der Waals surface area contributed by atoms with Gasteiger partial charge in [-0.2, -0.15) is 15.4 Å². The van der Waals surface area contributed by atoms with Crippen molar-refractivity contribution in [1.29, 1.82) is 0 Å². The first-order valence-electron chi connectivity index (χ1n) is 5.68. The van der Waals surface area contributed by atoms with Gasteiger partial charge in [0.25, 0.3) is 0 Å². The maximum Gasteiger partial charge on any atom is 0.111 e. The number of hydrogen-bond acceptors (Lipinski definition) is 3. The Labute approximate surface area is 101 Å². The first-order chi connectivity index (χ1) is 8.08. The topological polar surface area (TPSA) is 61.8 Å². The molecule has 0 aliphatic rings. The Balaban J connectivity index is 2.25. The molecule has 1 atom stereocenters. The van der Waals surface area contributed by atoms with Gasteiger partial charge in [0.1, 0.15) is 11.8 Å². The Morgan fingerprint density at radius 3 is 2.41 bits per heavy atom. The van der Waals surface area contributed by atoms with Gasteiger partial charge in [-0.15, -0.1) is 0 Å². The SMILES string of the molecule is Cc1cc(C)c(CC(O)c2cn[nH]n2)c(C)c1. The molecule has 0 spiro atoms. The summed E-state index contributed by atoms with van der Waals surface area (Å²) in [6.07, 6.45) is 1.53. The third-order valence-corrected chi connectivity index (χ3v) is 3.01. The van der Waals surface area contributed by atoms with E-state index >= 15 is 0 Å². The van der Waals surface area contributed by atoms with Crippen molar-refractivity contribution >= 4 is 0 Å². The molecule has 4 nitrogen and oxygen atoms in total. The molecule has 0 saturated carbocycles. The summed E-state index contributed by atoms with van der Waals surface area (Å²) in [5.41, 5.74) is 5.45. The van der Waals surface area contributed by atoms with Gasteiger partial charge in [0.2, 0.25) is 0 Å². The lowest BCUT2D eigenvalue weighted by atomic mass is 9.94. The number of aromatic nitrogens is 3. The number of aryl methyl sites for hydroxylation is 3. The van der Waals surface area contributed by atoms with Crippen LogP contribution in [0.5, 0.6) is 0 Å². The van der Waals surface area contributed by atoms with E-state index in [-0.39, 0.29) is 0 Å². The van der Waals surface area contributed by atoms with Crippen LogP contribution in [0, 0.1) is 20.8 Å². The highest BCUT2D eigenvalue weighted by Gasteiger charge is 2.14. The van der Waals surface area contributed by atoms with E-state index in [4.69, 9.17) is 0 Å². The number of aliphatic hydroxyl groups is 1. The molecule has 0 radical (unpaired) electrons. The van der Waals surface area contributed by atoms with Crippen LogP contribution in [0.25, 0.3) is 0 Å². The normalized spacial score (nSPS) is 12.7. The summed E-state index contributed by atoms with van der Waals surface area (Å²) in [6.45, 7) is 6.23. The summed E-state index contributed by atoms with van der Waals surface area (Å²) in [5.74, 6) is 0. The van der Waals surface area contributed by atoms with Crippen molar-refractivity contribution in [1.82, 2.24) is 15.4 Å². The van der Waals surface area contributed by atoms with E-state index < -0.39 is 6.10 Å². The van der Waals surface area contributed by atoms with Gasteiger partial charge in [-0.1, -0.05) is 17.7 Å². The molecule has 1 aromatic heterocycles. The maximum atomic E-state index is 10.1. The molecule has 2 rings (SSSR count). The maximum absolute atomic E-state index is 10.1. The van der Waals surface area contributed by atoms with Gasteiger partial charge in [0.05, 0.1) is 6.20 Å². The second-order valence-electron chi connectivity index (χ2n) is 4.49. The monoisotopic (exact) mass is 231 g/mol. The van der Waals surface area contributed by atoms with Crippen molar-refractivity contribution < 1.29 is 5.11 Å². The fourth-order valence-corrected chi connectivity index (χ4v) is 2.20. The van der Waals surface area contributed by atoms with Gasteiger partial charge in [-0.05, 0) is 37.5 Å². The van der Waals surface area contributed by atoms with Gasteiger partial charge in [0, 0.05) is 6.42 Å². The van der Waals surface area contributed by atoms with Crippen molar-refractivity contribution in [2.75, 3.05) is 0 Å². The fourth-order valence-electron chi connectivity index (χ4n) is 2.20. The van der Waals surface area contributed by atoms with Gasteiger partial charge >= 0.3 is 0 Å². The zero-order chi connectivity index (χ0) is 12.4. The molecule has 2 N–H and O–H groups in total. The van der Waals surface area contributed by atoms with Crippen LogP contribution in [0.3, 0.4) is 0 Å². The molecule has 1 unspecified atom stereocenters. The first-order valence-corrected chi connectivity index (χ1v) is 5.68. The number of aliphatic hydroxyl groups excluding tert-OH is 1. The van der Waals surface area contributed by atoms with E-state index in [1.165, 1.54) is 22.3 Å². The fraction of sp³-hybridized carbons (Fsp3) is 0.385. The molecular formula is C13H17N3O. The molecular weight excluding hydrogens is 214 g/mol. The second kappa shape index (κ2) is 4.67. The minimum atomic E-state index is -0.603. The van der Waals surface area contributed by atoms with E-state index in [1.807, 2.05) is 0 Å². The van der Waals surface area contributed by atoms with Crippen molar-refractivity contribution in [2.24, 2.45) is 0 Å².